The Labute approximate surface area is 297 Å². The van der Waals surface area contributed by atoms with Crippen molar-refractivity contribution < 1.29 is 55.8 Å². The number of amides is 1. The summed E-state index contributed by atoms with van der Waals surface area (Å²) in [7, 11) is -4.29. The minimum atomic E-state index is -4.29. The first-order valence-electron chi connectivity index (χ1n) is 14.7. The molecule has 1 aromatic heterocycles. The van der Waals surface area contributed by atoms with Crippen LogP contribution >= 0.6 is 23.2 Å². The first kappa shape index (κ1) is 40.0. The Morgan fingerprint density at radius 3 is 2.32 bits per heavy atom. The van der Waals surface area contributed by atoms with Gasteiger partial charge < -0.3 is 28.7 Å². The van der Waals surface area contributed by atoms with E-state index in [1.54, 1.807) is 51.1 Å². The van der Waals surface area contributed by atoms with Crippen molar-refractivity contribution in [3.05, 3.63) is 81.7 Å². The zero-order valence-electron chi connectivity index (χ0n) is 27.4. The molecular formula is C32H35Cl2N3O12S. The van der Waals surface area contributed by atoms with E-state index in [1.165, 1.54) is 25.3 Å². The quantitative estimate of drug-likeness (QED) is 0.0674. The molecule has 1 atom stereocenters. The summed E-state index contributed by atoms with van der Waals surface area (Å²) in [6.07, 6.45) is 0.468. The molecule has 3 rings (SSSR count). The third-order valence-corrected chi connectivity index (χ3v) is 8.33. The molecule has 0 spiro atoms. The summed E-state index contributed by atoms with van der Waals surface area (Å²) in [6.45, 7) is 4.22. The molecule has 3 N–H and O–H groups in total. The second-order valence-electron chi connectivity index (χ2n) is 11.5. The van der Waals surface area contributed by atoms with Gasteiger partial charge in [0.1, 0.15) is 23.9 Å². The smallest absolute Gasteiger partial charge is 0.413 e. The Balaban J connectivity index is 1.48. The van der Waals surface area contributed by atoms with Crippen molar-refractivity contribution in [3.8, 4) is 0 Å². The fraction of sp³-hybridized carbons (Fsp3) is 0.344. The molecule has 1 heterocycles. The van der Waals surface area contributed by atoms with Crippen LogP contribution in [0.25, 0.3) is 0 Å². The summed E-state index contributed by atoms with van der Waals surface area (Å²) in [6, 6.07) is 10.7. The van der Waals surface area contributed by atoms with E-state index in [1.807, 2.05) is 0 Å². The maximum absolute atomic E-state index is 13.0. The summed E-state index contributed by atoms with van der Waals surface area (Å²) in [5, 5.41) is 8.22. The Bertz CT molecular complexity index is 1830. The van der Waals surface area contributed by atoms with Gasteiger partial charge in [-0.1, -0.05) is 35.3 Å². The van der Waals surface area contributed by atoms with E-state index >= 15 is 0 Å². The van der Waals surface area contributed by atoms with E-state index in [-0.39, 0.29) is 35.0 Å². The van der Waals surface area contributed by atoms with Gasteiger partial charge in [-0.05, 0) is 64.1 Å². The minimum Gasteiger partial charge on any atom is -0.467 e. The maximum atomic E-state index is 13.0. The van der Waals surface area contributed by atoms with Gasteiger partial charge in [0.2, 0.25) is 16.8 Å². The number of nitrogens with zero attached hydrogens (tertiary/aromatic N) is 1. The predicted molar refractivity (Wildman–Crippen MR) is 179 cm³/mol. The van der Waals surface area contributed by atoms with Crippen LogP contribution in [0, 0.1) is 0 Å². The molecule has 0 aliphatic carbocycles. The third-order valence-electron chi connectivity index (χ3n) is 6.72. The van der Waals surface area contributed by atoms with E-state index in [2.05, 4.69) is 5.32 Å². The van der Waals surface area contributed by atoms with Gasteiger partial charge in [-0.25, -0.2) is 27.9 Å². The Kier molecular flexibility index (Phi) is 13.9. The summed E-state index contributed by atoms with van der Waals surface area (Å²) < 4.78 is 49.1. The Morgan fingerprint density at radius 1 is 0.980 bits per heavy atom. The fourth-order valence-corrected chi connectivity index (χ4v) is 5.76. The molecular weight excluding hydrogens is 721 g/mol. The summed E-state index contributed by atoms with van der Waals surface area (Å²) >= 11 is 12.1. The number of hydrogen-bond acceptors (Lipinski definition) is 13. The highest BCUT2D eigenvalue weighted by molar-refractivity contribution is 7.89. The molecule has 18 heteroatoms. The number of benzene rings is 2. The number of anilines is 1. The molecule has 0 saturated heterocycles. The molecule has 0 aliphatic heterocycles. The van der Waals surface area contributed by atoms with E-state index in [9.17, 15) is 32.4 Å². The molecule has 0 aliphatic rings. The van der Waals surface area contributed by atoms with Crippen molar-refractivity contribution in [1.29, 1.82) is 0 Å². The molecule has 1 amide bonds. The van der Waals surface area contributed by atoms with E-state index < -0.39 is 76.1 Å². The number of carbonyl (C=O) groups excluding carboxylic acids is 5. The SMILES string of the molecule is CC(C(=O)c1cccc(Cl)c1)N(C(=O)OCOC(=O)C(=O)COCCOC(=O)c1cc(S(N)(=O)=O)c(Cl)cc1NCc1ccco1)C(C)(C)C. The lowest BCUT2D eigenvalue weighted by molar-refractivity contribution is -0.162. The molecule has 3 aromatic rings. The number of Topliss-reactive ketones (excluding diaryl/α,β-unsaturated/α-hetero) is 2. The van der Waals surface area contributed by atoms with Gasteiger partial charge in [0, 0.05) is 16.1 Å². The molecule has 1 unspecified atom stereocenters. The highest BCUT2D eigenvalue weighted by atomic mass is 35.5. The first-order chi connectivity index (χ1) is 23.4. The van der Waals surface area contributed by atoms with Crippen LogP contribution < -0.4 is 10.5 Å². The average molecular weight is 757 g/mol. The van der Waals surface area contributed by atoms with Crippen LogP contribution in [0.5, 0.6) is 0 Å². The number of halogens is 2. The molecule has 50 heavy (non-hydrogen) atoms. The van der Waals surface area contributed by atoms with Gasteiger partial charge >= 0.3 is 18.0 Å². The highest BCUT2D eigenvalue weighted by Crippen LogP contribution is 2.29. The first-order valence-corrected chi connectivity index (χ1v) is 17.0. The fourth-order valence-electron chi connectivity index (χ4n) is 4.47. The Hall–Kier alpha value is -4.48. The Morgan fingerprint density at radius 2 is 1.70 bits per heavy atom. The normalized spacial score (nSPS) is 12.1. The van der Waals surface area contributed by atoms with Crippen LogP contribution in [0.15, 0.2) is 64.1 Å². The van der Waals surface area contributed by atoms with Crippen LogP contribution in [0.2, 0.25) is 10.0 Å². The lowest BCUT2D eigenvalue weighted by Gasteiger charge is -2.38. The maximum Gasteiger partial charge on any atom is 0.413 e. The van der Waals surface area contributed by atoms with Gasteiger partial charge in [0.05, 0.1) is 41.7 Å². The lowest BCUT2D eigenvalue weighted by atomic mass is 9.98. The number of ether oxygens (including phenoxy) is 4. The molecule has 0 saturated carbocycles. The van der Waals surface area contributed by atoms with Crippen molar-refractivity contribution in [3.63, 3.8) is 0 Å². The number of esters is 2. The molecule has 270 valence electrons. The number of furan rings is 1. The number of nitrogens with two attached hydrogens (primary N) is 1. The third kappa shape index (κ3) is 11.3. The van der Waals surface area contributed by atoms with Crippen LogP contribution in [0.1, 0.15) is 54.2 Å². The molecule has 0 radical (unpaired) electrons. The largest absolute Gasteiger partial charge is 0.467 e. The molecule has 15 nitrogen and oxygen atoms in total. The summed E-state index contributed by atoms with van der Waals surface area (Å²) in [5.41, 5.74) is -0.705. The topological polar surface area (TPSA) is 211 Å². The number of primary sulfonamides is 1. The van der Waals surface area contributed by atoms with Crippen molar-refractivity contribution in [2.24, 2.45) is 5.14 Å². The van der Waals surface area contributed by atoms with Crippen LogP contribution in [-0.4, -0.2) is 81.1 Å². The second kappa shape index (κ2) is 17.4. The van der Waals surface area contributed by atoms with Gasteiger partial charge in [0.25, 0.3) is 5.78 Å². The van der Waals surface area contributed by atoms with Gasteiger partial charge in [-0.3, -0.25) is 14.5 Å². The summed E-state index contributed by atoms with van der Waals surface area (Å²) in [5.74, 6) is -3.38. The van der Waals surface area contributed by atoms with Crippen LogP contribution in [0.3, 0.4) is 0 Å². The van der Waals surface area contributed by atoms with E-state index in [4.69, 9.17) is 51.7 Å². The van der Waals surface area contributed by atoms with Gasteiger partial charge in [0.15, 0.2) is 5.78 Å². The highest BCUT2D eigenvalue weighted by Gasteiger charge is 2.36. The number of ketones is 2. The number of rotatable bonds is 16. The van der Waals surface area contributed by atoms with Crippen molar-refractivity contribution in [1.82, 2.24) is 4.90 Å². The molecule has 0 bridgehead atoms. The second-order valence-corrected chi connectivity index (χ2v) is 13.8. The lowest BCUT2D eigenvalue weighted by Crippen LogP contribution is -2.53. The monoisotopic (exact) mass is 755 g/mol. The van der Waals surface area contributed by atoms with Crippen molar-refractivity contribution >= 4 is 68.5 Å². The standard InChI is InChI=1S/C32H35Cl2N3O12S/c1-19(28(39)20-7-5-8-21(33)13-20)37(32(2,3)4)31(42)49-18-48-30(41)26(38)17-45-11-12-47-29(40)23-14-27(50(35,43)44)24(34)15-25(23)36-16-22-9-6-10-46-22/h5-10,13-15,19,36H,11-12,16-18H2,1-4H3,(H2,35,43,44). The molecule has 0 fully saturated rings. The minimum absolute atomic E-state index is 0.121. The van der Waals surface area contributed by atoms with Crippen LogP contribution in [0.4, 0.5) is 10.5 Å². The zero-order valence-corrected chi connectivity index (χ0v) is 29.7. The van der Waals surface area contributed by atoms with Crippen molar-refractivity contribution in [2.75, 3.05) is 31.9 Å². The average Bonchev–Trinajstić information content (AvgIpc) is 3.55. The van der Waals surface area contributed by atoms with E-state index in [0.717, 1.165) is 11.0 Å². The number of nitrogens with one attached hydrogen (secondary N) is 1. The summed E-state index contributed by atoms with van der Waals surface area (Å²) in [4.78, 5) is 63.8. The number of hydrogen-bond donors (Lipinski definition) is 2. The van der Waals surface area contributed by atoms with Gasteiger partial charge in [-0.15, -0.1) is 0 Å². The van der Waals surface area contributed by atoms with Crippen molar-refractivity contribution in [2.45, 2.75) is 50.7 Å². The zero-order chi connectivity index (χ0) is 37.2. The number of carbonyl (C=O) groups is 5. The number of sulfonamides is 1. The van der Waals surface area contributed by atoms with Gasteiger partial charge in [-0.2, -0.15) is 0 Å². The van der Waals surface area contributed by atoms with E-state index in [0.29, 0.717) is 10.8 Å². The predicted octanol–water partition coefficient (Wildman–Crippen LogP) is 4.60. The van der Waals surface area contributed by atoms with Crippen LogP contribution in [-0.2, 0) is 45.1 Å². The molecule has 2 aromatic carbocycles.